The van der Waals surface area contributed by atoms with Crippen molar-refractivity contribution in [3.63, 3.8) is 0 Å². The summed E-state index contributed by atoms with van der Waals surface area (Å²) in [7, 11) is -3.21. The Kier molecular flexibility index (Phi) is 3.60. The Morgan fingerprint density at radius 3 is 1.88 bits per heavy atom. The predicted molar refractivity (Wildman–Crippen MR) is 65.2 cm³/mol. The van der Waals surface area contributed by atoms with Gasteiger partial charge in [0.05, 0.1) is 11.7 Å². The van der Waals surface area contributed by atoms with Crippen LogP contribution in [-0.4, -0.2) is 43.1 Å². The second-order valence-electron chi connectivity index (χ2n) is 5.80. The monoisotopic (exact) mass is 263 g/mol. The SMILES string of the molecule is CC(C)(C)C1(C(=O)O)CCN(S(C)(=O)=O)CC1. The first-order chi connectivity index (χ1) is 7.51. The molecule has 1 heterocycles. The molecule has 0 aromatic carbocycles. The number of aliphatic carboxylic acids is 1. The van der Waals surface area contributed by atoms with E-state index in [2.05, 4.69) is 0 Å². The van der Waals surface area contributed by atoms with Gasteiger partial charge in [0.1, 0.15) is 0 Å². The molecule has 0 amide bonds. The van der Waals surface area contributed by atoms with Crippen molar-refractivity contribution >= 4 is 16.0 Å². The second kappa shape index (κ2) is 4.24. The Morgan fingerprint density at radius 1 is 1.24 bits per heavy atom. The third-order valence-corrected chi connectivity index (χ3v) is 5.19. The van der Waals surface area contributed by atoms with Crippen molar-refractivity contribution in [2.45, 2.75) is 33.6 Å². The van der Waals surface area contributed by atoms with Crippen molar-refractivity contribution in [3.05, 3.63) is 0 Å². The Balaban J connectivity index is 2.94. The van der Waals surface area contributed by atoms with Crippen molar-refractivity contribution < 1.29 is 18.3 Å². The number of hydrogen-bond acceptors (Lipinski definition) is 3. The number of rotatable bonds is 2. The summed E-state index contributed by atoms with van der Waals surface area (Å²) in [6.45, 7) is 6.29. The van der Waals surface area contributed by atoms with E-state index in [0.29, 0.717) is 25.9 Å². The van der Waals surface area contributed by atoms with Crippen LogP contribution in [0.2, 0.25) is 0 Å². The summed E-state index contributed by atoms with van der Waals surface area (Å²) in [5.74, 6) is -0.821. The molecule has 1 fully saturated rings. The molecule has 0 spiro atoms. The largest absolute Gasteiger partial charge is 0.481 e. The van der Waals surface area contributed by atoms with E-state index in [-0.39, 0.29) is 5.41 Å². The molecule has 17 heavy (non-hydrogen) atoms. The molecule has 0 bridgehead atoms. The Morgan fingerprint density at radius 2 is 1.65 bits per heavy atom. The molecule has 1 saturated heterocycles. The van der Waals surface area contributed by atoms with Crippen LogP contribution >= 0.6 is 0 Å². The molecule has 1 rings (SSSR count). The fraction of sp³-hybridized carbons (Fsp3) is 0.909. The number of piperidine rings is 1. The Bertz CT molecular complexity index is 400. The zero-order valence-electron chi connectivity index (χ0n) is 10.9. The van der Waals surface area contributed by atoms with Gasteiger partial charge in [-0.3, -0.25) is 4.79 Å². The molecule has 0 radical (unpaired) electrons. The maximum Gasteiger partial charge on any atom is 0.310 e. The summed E-state index contributed by atoms with van der Waals surface area (Å²) in [5, 5.41) is 9.45. The van der Waals surface area contributed by atoms with E-state index < -0.39 is 21.4 Å². The van der Waals surface area contributed by atoms with Crippen LogP contribution in [-0.2, 0) is 14.8 Å². The van der Waals surface area contributed by atoms with Gasteiger partial charge in [-0.05, 0) is 18.3 Å². The highest BCUT2D eigenvalue weighted by Crippen LogP contribution is 2.47. The van der Waals surface area contributed by atoms with Crippen LogP contribution < -0.4 is 0 Å². The molecule has 0 atom stereocenters. The molecule has 1 aliphatic heterocycles. The van der Waals surface area contributed by atoms with Crippen molar-refractivity contribution in [2.75, 3.05) is 19.3 Å². The number of sulfonamides is 1. The van der Waals surface area contributed by atoms with E-state index >= 15 is 0 Å². The summed E-state index contributed by atoms with van der Waals surface area (Å²) in [4.78, 5) is 11.5. The van der Waals surface area contributed by atoms with E-state index in [1.165, 1.54) is 4.31 Å². The van der Waals surface area contributed by atoms with Gasteiger partial charge in [-0.1, -0.05) is 20.8 Å². The van der Waals surface area contributed by atoms with Gasteiger partial charge in [-0.25, -0.2) is 12.7 Å². The molecule has 1 aliphatic rings. The predicted octanol–water partition coefficient (Wildman–Crippen LogP) is 1.16. The maximum absolute atomic E-state index is 11.5. The van der Waals surface area contributed by atoms with Gasteiger partial charge in [0.25, 0.3) is 0 Å². The number of nitrogens with zero attached hydrogens (tertiary/aromatic N) is 1. The highest BCUT2D eigenvalue weighted by Gasteiger charge is 2.51. The lowest BCUT2D eigenvalue weighted by Gasteiger charge is -2.46. The smallest absolute Gasteiger partial charge is 0.310 e. The van der Waals surface area contributed by atoms with E-state index in [1.54, 1.807) is 0 Å². The number of carboxylic acids is 1. The molecule has 5 nitrogen and oxygen atoms in total. The van der Waals surface area contributed by atoms with E-state index in [0.717, 1.165) is 6.26 Å². The van der Waals surface area contributed by atoms with E-state index in [1.807, 2.05) is 20.8 Å². The Hall–Kier alpha value is -0.620. The van der Waals surface area contributed by atoms with Crippen LogP contribution in [0.5, 0.6) is 0 Å². The molecular formula is C11H21NO4S. The minimum absolute atomic E-state index is 0.294. The van der Waals surface area contributed by atoms with Crippen molar-refractivity contribution in [3.8, 4) is 0 Å². The quantitative estimate of drug-likeness (QED) is 0.811. The average molecular weight is 263 g/mol. The summed E-state index contributed by atoms with van der Waals surface area (Å²) in [6, 6.07) is 0. The van der Waals surface area contributed by atoms with Crippen LogP contribution in [0.4, 0.5) is 0 Å². The van der Waals surface area contributed by atoms with Gasteiger partial charge in [0, 0.05) is 13.1 Å². The molecule has 100 valence electrons. The van der Waals surface area contributed by atoms with Crippen LogP contribution in [0, 0.1) is 10.8 Å². The average Bonchev–Trinajstić information content (AvgIpc) is 2.14. The van der Waals surface area contributed by atoms with Crippen LogP contribution in [0.15, 0.2) is 0 Å². The first-order valence-electron chi connectivity index (χ1n) is 5.69. The molecule has 0 unspecified atom stereocenters. The summed E-state index contributed by atoms with van der Waals surface area (Å²) >= 11 is 0. The lowest BCUT2D eigenvalue weighted by Crippen LogP contribution is -2.52. The third-order valence-electron chi connectivity index (χ3n) is 3.89. The van der Waals surface area contributed by atoms with Gasteiger partial charge in [0.2, 0.25) is 10.0 Å². The van der Waals surface area contributed by atoms with Crippen LogP contribution in [0.1, 0.15) is 33.6 Å². The normalized spacial score (nSPS) is 22.4. The van der Waals surface area contributed by atoms with Gasteiger partial charge in [0.15, 0.2) is 0 Å². The highest BCUT2D eigenvalue weighted by atomic mass is 32.2. The minimum atomic E-state index is -3.21. The fourth-order valence-corrected chi connectivity index (χ4v) is 3.33. The summed E-state index contributed by atoms with van der Waals surface area (Å²) in [5.41, 5.74) is -1.20. The van der Waals surface area contributed by atoms with Gasteiger partial charge in [-0.2, -0.15) is 0 Å². The maximum atomic E-state index is 11.5. The molecule has 0 aliphatic carbocycles. The number of carbonyl (C=O) groups is 1. The lowest BCUT2D eigenvalue weighted by molar-refractivity contribution is -0.160. The standard InChI is InChI=1S/C11H21NO4S/c1-10(2,3)11(9(13)14)5-7-12(8-6-11)17(4,15)16/h5-8H2,1-4H3,(H,13,14). The summed E-state index contributed by atoms with van der Waals surface area (Å²) in [6.07, 6.45) is 1.91. The number of carboxylic acid groups (broad SMARTS) is 1. The van der Waals surface area contributed by atoms with E-state index in [9.17, 15) is 18.3 Å². The molecule has 6 heteroatoms. The van der Waals surface area contributed by atoms with Gasteiger partial charge < -0.3 is 5.11 Å². The third kappa shape index (κ3) is 2.63. The number of hydrogen-bond donors (Lipinski definition) is 1. The van der Waals surface area contributed by atoms with E-state index in [4.69, 9.17) is 0 Å². The van der Waals surface area contributed by atoms with Crippen molar-refractivity contribution in [2.24, 2.45) is 10.8 Å². The molecule has 0 aromatic rings. The first-order valence-corrected chi connectivity index (χ1v) is 7.54. The topological polar surface area (TPSA) is 74.7 Å². The van der Waals surface area contributed by atoms with Crippen molar-refractivity contribution in [1.82, 2.24) is 4.31 Å². The molecular weight excluding hydrogens is 242 g/mol. The molecule has 1 N–H and O–H groups in total. The second-order valence-corrected chi connectivity index (χ2v) is 7.78. The molecule has 0 aromatic heterocycles. The van der Waals surface area contributed by atoms with Crippen LogP contribution in [0.3, 0.4) is 0 Å². The zero-order chi connectivity index (χ0) is 13.5. The first kappa shape index (κ1) is 14.4. The van der Waals surface area contributed by atoms with Crippen molar-refractivity contribution in [1.29, 1.82) is 0 Å². The Labute approximate surface area is 103 Å². The van der Waals surface area contributed by atoms with Gasteiger partial charge in [-0.15, -0.1) is 0 Å². The summed E-state index contributed by atoms with van der Waals surface area (Å²) < 4.78 is 24.2. The molecule has 0 saturated carbocycles. The minimum Gasteiger partial charge on any atom is -0.481 e. The fourth-order valence-electron chi connectivity index (χ4n) is 2.48. The highest BCUT2D eigenvalue weighted by molar-refractivity contribution is 7.88. The van der Waals surface area contributed by atoms with Crippen LogP contribution in [0.25, 0.3) is 0 Å². The van der Waals surface area contributed by atoms with Gasteiger partial charge >= 0.3 is 5.97 Å². The lowest BCUT2D eigenvalue weighted by atomic mass is 9.61. The zero-order valence-corrected chi connectivity index (χ0v) is 11.7.